The first-order valence-corrected chi connectivity index (χ1v) is 9.40. The number of aromatic nitrogens is 2. The smallest absolute Gasteiger partial charge is 0.311 e. The highest BCUT2D eigenvalue weighted by molar-refractivity contribution is 6.05. The van der Waals surface area contributed by atoms with E-state index in [1.54, 1.807) is 31.2 Å². The Kier molecular flexibility index (Phi) is 5.30. The second-order valence-corrected chi connectivity index (χ2v) is 7.47. The SMILES string of the molecule is CCCCCn1nc(C(=O)N2CCC(C)(C(=O)O)C2)c2ccccc2c1=O. The minimum atomic E-state index is -0.943. The maximum absolute atomic E-state index is 13.1. The Labute approximate surface area is 157 Å². The van der Waals surface area contributed by atoms with Gasteiger partial charge in [0.15, 0.2) is 5.69 Å². The largest absolute Gasteiger partial charge is 0.481 e. The molecular weight excluding hydrogens is 346 g/mol. The van der Waals surface area contributed by atoms with Crippen molar-refractivity contribution in [1.82, 2.24) is 14.7 Å². The van der Waals surface area contributed by atoms with E-state index in [2.05, 4.69) is 12.0 Å². The lowest BCUT2D eigenvalue weighted by Crippen LogP contribution is -2.36. The van der Waals surface area contributed by atoms with Crippen LogP contribution in [0.2, 0.25) is 0 Å². The zero-order valence-corrected chi connectivity index (χ0v) is 15.8. The number of aliphatic carboxylic acids is 1. The molecule has 1 unspecified atom stereocenters. The van der Waals surface area contributed by atoms with Gasteiger partial charge in [0, 0.05) is 25.0 Å². The summed E-state index contributed by atoms with van der Waals surface area (Å²) in [5, 5.41) is 14.8. The number of amides is 1. The summed E-state index contributed by atoms with van der Waals surface area (Å²) in [5.74, 6) is -1.22. The first-order valence-electron chi connectivity index (χ1n) is 9.40. The number of carbonyl (C=O) groups is 2. The first-order chi connectivity index (χ1) is 12.9. The first kappa shape index (κ1) is 19.1. The van der Waals surface area contributed by atoms with Gasteiger partial charge < -0.3 is 10.0 Å². The van der Waals surface area contributed by atoms with E-state index >= 15 is 0 Å². The standard InChI is InChI=1S/C20H25N3O4/c1-3-4-7-11-23-17(24)15-9-6-5-8-14(15)16(21-23)18(25)22-12-10-20(2,13-22)19(26)27/h5-6,8-9H,3-4,7,10-13H2,1-2H3,(H,26,27). The molecule has 0 bridgehead atoms. The van der Waals surface area contributed by atoms with Crippen molar-refractivity contribution < 1.29 is 14.7 Å². The number of likely N-dealkylation sites (tertiary alicyclic amines) is 1. The van der Waals surface area contributed by atoms with Crippen LogP contribution in [0.25, 0.3) is 10.8 Å². The van der Waals surface area contributed by atoms with Crippen LogP contribution in [0.3, 0.4) is 0 Å². The van der Waals surface area contributed by atoms with Crippen LogP contribution in [0.5, 0.6) is 0 Å². The van der Waals surface area contributed by atoms with Crippen molar-refractivity contribution in [1.29, 1.82) is 0 Å². The molecule has 7 heteroatoms. The third kappa shape index (κ3) is 3.59. The summed E-state index contributed by atoms with van der Waals surface area (Å²) >= 11 is 0. The monoisotopic (exact) mass is 371 g/mol. The summed E-state index contributed by atoms with van der Waals surface area (Å²) in [4.78, 5) is 38.8. The maximum atomic E-state index is 13.1. The van der Waals surface area contributed by atoms with Crippen LogP contribution in [0.4, 0.5) is 0 Å². The Morgan fingerprint density at radius 2 is 1.93 bits per heavy atom. The van der Waals surface area contributed by atoms with E-state index in [1.165, 1.54) is 9.58 Å². The van der Waals surface area contributed by atoms with Gasteiger partial charge >= 0.3 is 5.97 Å². The lowest BCUT2D eigenvalue weighted by Gasteiger charge is -2.20. The number of nitrogens with zero attached hydrogens (tertiary/aromatic N) is 3. The van der Waals surface area contributed by atoms with E-state index in [-0.39, 0.29) is 23.7 Å². The molecule has 7 nitrogen and oxygen atoms in total. The molecule has 0 saturated carbocycles. The number of fused-ring (bicyclic) bond motifs is 1. The van der Waals surface area contributed by atoms with E-state index in [4.69, 9.17) is 0 Å². The second-order valence-electron chi connectivity index (χ2n) is 7.47. The van der Waals surface area contributed by atoms with Crippen molar-refractivity contribution in [2.45, 2.75) is 46.1 Å². The zero-order chi connectivity index (χ0) is 19.6. The quantitative estimate of drug-likeness (QED) is 0.788. The highest BCUT2D eigenvalue weighted by Crippen LogP contribution is 2.31. The van der Waals surface area contributed by atoms with Crippen molar-refractivity contribution >= 4 is 22.6 Å². The zero-order valence-electron chi connectivity index (χ0n) is 15.8. The number of carbonyl (C=O) groups excluding carboxylic acids is 1. The summed E-state index contributed by atoms with van der Waals surface area (Å²) in [6, 6.07) is 6.97. The van der Waals surface area contributed by atoms with Crippen molar-refractivity contribution in [3.63, 3.8) is 0 Å². The van der Waals surface area contributed by atoms with Gasteiger partial charge in [0.2, 0.25) is 0 Å². The molecule has 0 radical (unpaired) electrons. The second kappa shape index (κ2) is 7.50. The molecule has 2 heterocycles. The highest BCUT2D eigenvalue weighted by atomic mass is 16.4. The van der Waals surface area contributed by atoms with E-state index in [0.717, 1.165) is 19.3 Å². The number of hydrogen-bond donors (Lipinski definition) is 1. The summed E-state index contributed by atoms with van der Waals surface area (Å²) in [6.07, 6.45) is 3.22. The van der Waals surface area contributed by atoms with Gasteiger partial charge in [-0.25, -0.2) is 4.68 Å². The Bertz CT molecular complexity index is 936. The van der Waals surface area contributed by atoms with Gasteiger partial charge in [0.05, 0.1) is 10.8 Å². The van der Waals surface area contributed by atoms with Crippen LogP contribution in [-0.2, 0) is 11.3 Å². The minimum Gasteiger partial charge on any atom is -0.481 e. The summed E-state index contributed by atoms with van der Waals surface area (Å²) in [6.45, 7) is 4.71. The number of carboxylic acid groups (broad SMARTS) is 1. The number of benzene rings is 1. The molecule has 1 aliphatic rings. The molecule has 1 aliphatic heterocycles. The molecule has 1 saturated heterocycles. The lowest BCUT2D eigenvalue weighted by atomic mass is 9.90. The van der Waals surface area contributed by atoms with E-state index < -0.39 is 11.4 Å². The Morgan fingerprint density at radius 3 is 2.56 bits per heavy atom. The van der Waals surface area contributed by atoms with E-state index in [9.17, 15) is 19.5 Å². The predicted molar refractivity (Wildman–Crippen MR) is 102 cm³/mol. The van der Waals surface area contributed by atoms with E-state index in [1.807, 2.05) is 0 Å². The molecule has 3 rings (SSSR count). The molecule has 144 valence electrons. The topological polar surface area (TPSA) is 92.5 Å². The maximum Gasteiger partial charge on any atom is 0.311 e. The van der Waals surface area contributed by atoms with Gasteiger partial charge in [-0.05, 0) is 25.8 Å². The van der Waals surface area contributed by atoms with Crippen molar-refractivity contribution in [2.24, 2.45) is 5.41 Å². The molecule has 1 atom stereocenters. The number of aryl methyl sites for hydroxylation is 1. The van der Waals surface area contributed by atoms with Crippen LogP contribution in [-0.4, -0.2) is 44.8 Å². The average Bonchev–Trinajstić information content (AvgIpc) is 3.07. The van der Waals surface area contributed by atoms with Crippen molar-refractivity contribution in [2.75, 3.05) is 13.1 Å². The van der Waals surface area contributed by atoms with Gasteiger partial charge in [-0.3, -0.25) is 14.4 Å². The molecule has 27 heavy (non-hydrogen) atoms. The average molecular weight is 371 g/mol. The Morgan fingerprint density at radius 1 is 1.22 bits per heavy atom. The molecule has 1 fully saturated rings. The highest BCUT2D eigenvalue weighted by Gasteiger charge is 2.42. The molecule has 2 aromatic rings. The van der Waals surface area contributed by atoms with Gasteiger partial charge in [-0.2, -0.15) is 5.10 Å². The number of carboxylic acids is 1. The normalized spacial score (nSPS) is 19.6. The van der Waals surface area contributed by atoms with Crippen molar-refractivity contribution in [3.8, 4) is 0 Å². The Hall–Kier alpha value is -2.70. The third-order valence-electron chi connectivity index (χ3n) is 5.32. The van der Waals surface area contributed by atoms with Crippen molar-refractivity contribution in [3.05, 3.63) is 40.3 Å². The summed E-state index contributed by atoms with van der Waals surface area (Å²) in [7, 11) is 0. The number of rotatable bonds is 6. The summed E-state index contributed by atoms with van der Waals surface area (Å²) < 4.78 is 1.37. The van der Waals surface area contributed by atoms with Crippen LogP contribution in [0, 0.1) is 5.41 Å². The lowest BCUT2D eigenvalue weighted by molar-refractivity contribution is -0.147. The van der Waals surface area contributed by atoms with Gasteiger partial charge in [0.25, 0.3) is 11.5 Å². The fourth-order valence-corrected chi connectivity index (χ4v) is 3.51. The van der Waals surface area contributed by atoms with Crippen LogP contribution in [0.1, 0.15) is 50.0 Å². The third-order valence-corrected chi connectivity index (χ3v) is 5.32. The number of hydrogen-bond acceptors (Lipinski definition) is 4. The molecule has 0 spiro atoms. The Balaban J connectivity index is 2.00. The van der Waals surface area contributed by atoms with Gasteiger partial charge in [-0.1, -0.05) is 38.0 Å². The molecule has 1 aromatic carbocycles. The van der Waals surface area contributed by atoms with Gasteiger partial charge in [-0.15, -0.1) is 0 Å². The van der Waals surface area contributed by atoms with Crippen LogP contribution in [0.15, 0.2) is 29.1 Å². The summed E-state index contributed by atoms with van der Waals surface area (Å²) in [5.41, 5.74) is -0.924. The predicted octanol–water partition coefficient (Wildman–Crippen LogP) is 2.52. The molecule has 1 aromatic heterocycles. The molecule has 1 amide bonds. The van der Waals surface area contributed by atoms with Crippen LogP contribution < -0.4 is 5.56 Å². The van der Waals surface area contributed by atoms with Gasteiger partial charge in [0.1, 0.15) is 0 Å². The van der Waals surface area contributed by atoms with E-state index in [0.29, 0.717) is 30.3 Å². The molecule has 0 aliphatic carbocycles. The minimum absolute atomic E-state index is 0.145. The van der Waals surface area contributed by atoms with Crippen LogP contribution >= 0.6 is 0 Å². The number of unbranched alkanes of at least 4 members (excludes halogenated alkanes) is 2. The fraction of sp³-hybridized carbons (Fsp3) is 0.500. The fourth-order valence-electron chi connectivity index (χ4n) is 3.51. The molecule has 1 N–H and O–H groups in total. The molecular formula is C20H25N3O4.